The summed E-state index contributed by atoms with van der Waals surface area (Å²) in [5, 5.41) is 0.739. The van der Waals surface area contributed by atoms with Crippen LogP contribution < -0.4 is 0 Å². The van der Waals surface area contributed by atoms with Crippen molar-refractivity contribution in [1.82, 2.24) is 4.90 Å². The Labute approximate surface area is 104 Å². The number of rotatable bonds is 6. The minimum absolute atomic E-state index is 0.739. The third-order valence-electron chi connectivity index (χ3n) is 2.18. The van der Waals surface area contributed by atoms with Crippen molar-refractivity contribution in [3.05, 3.63) is 34.7 Å². The highest BCUT2D eigenvalue weighted by Gasteiger charge is 2.08. The third kappa shape index (κ3) is 5.26. The third-order valence-corrected chi connectivity index (χ3v) is 2.31. The summed E-state index contributed by atoms with van der Waals surface area (Å²) in [6, 6.07) is 0. The molecule has 0 atom stereocenters. The van der Waals surface area contributed by atoms with E-state index in [0.29, 0.717) is 0 Å². The zero-order valence-corrected chi connectivity index (χ0v) is 11.6. The second-order valence-corrected chi connectivity index (χ2v) is 4.18. The van der Waals surface area contributed by atoms with E-state index >= 15 is 0 Å². The number of halogens is 1. The molecule has 2 nitrogen and oxygen atoms in total. The molecule has 0 aromatic carbocycles. The first-order valence-electron chi connectivity index (χ1n) is 5.52. The highest BCUT2D eigenvalue weighted by Crippen LogP contribution is 2.16. The molecule has 92 valence electrons. The second-order valence-electron chi connectivity index (χ2n) is 3.58. The average Bonchev–Trinajstić information content (AvgIpc) is 2.24. The van der Waals surface area contributed by atoms with Gasteiger partial charge in [0, 0.05) is 18.6 Å². The molecule has 0 aliphatic rings. The fraction of sp³-hybridized carbons (Fsp3) is 0.538. The van der Waals surface area contributed by atoms with E-state index in [-0.39, 0.29) is 0 Å². The summed E-state index contributed by atoms with van der Waals surface area (Å²) in [4.78, 5) is 2.17. The van der Waals surface area contributed by atoms with E-state index in [1.807, 2.05) is 32.1 Å². The van der Waals surface area contributed by atoms with E-state index in [0.717, 1.165) is 29.5 Å². The van der Waals surface area contributed by atoms with Crippen LogP contribution in [0.1, 0.15) is 27.2 Å². The molecule has 0 spiro atoms. The van der Waals surface area contributed by atoms with Gasteiger partial charge in [-0.2, -0.15) is 0 Å². The molecule has 0 fully saturated rings. The van der Waals surface area contributed by atoms with Gasteiger partial charge in [0.05, 0.1) is 12.8 Å². The van der Waals surface area contributed by atoms with E-state index in [1.54, 1.807) is 7.11 Å². The van der Waals surface area contributed by atoms with Crippen molar-refractivity contribution in [1.29, 1.82) is 0 Å². The number of hydrogen-bond donors (Lipinski definition) is 0. The highest BCUT2D eigenvalue weighted by molar-refractivity contribution is 6.29. The van der Waals surface area contributed by atoms with Crippen LogP contribution in [-0.4, -0.2) is 25.6 Å². The van der Waals surface area contributed by atoms with Gasteiger partial charge in [0.2, 0.25) is 0 Å². The van der Waals surface area contributed by atoms with Crippen molar-refractivity contribution in [3.8, 4) is 0 Å². The van der Waals surface area contributed by atoms with Gasteiger partial charge >= 0.3 is 0 Å². The summed E-state index contributed by atoms with van der Waals surface area (Å²) in [6.07, 6.45) is 6.88. The van der Waals surface area contributed by atoms with Crippen LogP contribution in [0.25, 0.3) is 0 Å². The first kappa shape index (κ1) is 15.1. The summed E-state index contributed by atoms with van der Waals surface area (Å²) >= 11 is 5.80. The van der Waals surface area contributed by atoms with Crippen LogP contribution in [0.4, 0.5) is 0 Å². The molecule has 0 saturated heterocycles. The maximum atomic E-state index is 5.80. The Hall–Kier alpha value is -0.890. The summed E-state index contributed by atoms with van der Waals surface area (Å²) in [5.41, 5.74) is 1.08. The number of methoxy groups -OCH3 is 1. The normalized spacial score (nSPS) is 14.0. The standard InChI is InChI=1S/C13H22ClNO/c1-6-10-15(4)12(7-2)13(16-5)9-8-11(3)14/h7-9H,6,10H2,1-5H3/b11-8+,12-7+,13-9+. The topological polar surface area (TPSA) is 12.5 Å². The molecule has 0 N–H and O–H groups in total. The summed E-state index contributed by atoms with van der Waals surface area (Å²) in [6.45, 7) is 7.01. The van der Waals surface area contributed by atoms with Crippen LogP contribution in [0.3, 0.4) is 0 Å². The van der Waals surface area contributed by atoms with Crippen molar-refractivity contribution in [2.45, 2.75) is 27.2 Å². The molecule has 0 aromatic rings. The van der Waals surface area contributed by atoms with Gasteiger partial charge in [-0.15, -0.1) is 0 Å². The zero-order chi connectivity index (χ0) is 12.6. The Morgan fingerprint density at radius 1 is 1.38 bits per heavy atom. The van der Waals surface area contributed by atoms with Crippen molar-refractivity contribution < 1.29 is 4.74 Å². The maximum absolute atomic E-state index is 5.80. The van der Waals surface area contributed by atoms with E-state index in [1.165, 1.54) is 0 Å². The number of hydrogen-bond acceptors (Lipinski definition) is 2. The first-order valence-corrected chi connectivity index (χ1v) is 5.90. The van der Waals surface area contributed by atoms with Crippen LogP contribution in [0.5, 0.6) is 0 Å². The molecule has 3 heteroatoms. The van der Waals surface area contributed by atoms with E-state index in [4.69, 9.17) is 16.3 Å². The van der Waals surface area contributed by atoms with Crippen molar-refractivity contribution in [3.63, 3.8) is 0 Å². The van der Waals surface area contributed by atoms with Crippen molar-refractivity contribution >= 4 is 11.6 Å². The van der Waals surface area contributed by atoms with Gasteiger partial charge < -0.3 is 9.64 Å². The van der Waals surface area contributed by atoms with Crippen LogP contribution in [0.15, 0.2) is 34.7 Å². The lowest BCUT2D eigenvalue weighted by molar-refractivity contribution is 0.269. The molecule has 0 saturated carbocycles. The fourth-order valence-electron chi connectivity index (χ4n) is 1.46. The minimum Gasteiger partial charge on any atom is -0.495 e. The van der Waals surface area contributed by atoms with Gasteiger partial charge in [0.1, 0.15) is 5.76 Å². The Kier molecular flexibility index (Phi) is 7.82. The molecule has 0 bridgehead atoms. The largest absolute Gasteiger partial charge is 0.495 e. The molecule has 0 rings (SSSR count). The van der Waals surface area contributed by atoms with Gasteiger partial charge in [-0.1, -0.05) is 24.6 Å². The maximum Gasteiger partial charge on any atom is 0.141 e. The Morgan fingerprint density at radius 2 is 2.00 bits per heavy atom. The second kappa shape index (κ2) is 8.28. The molecular formula is C13H22ClNO. The molecule has 0 heterocycles. The first-order chi connectivity index (χ1) is 7.56. The Balaban J connectivity index is 4.91. The predicted octanol–water partition coefficient (Wildman–Crippen LogP) is 3.90. The Morgan fingerprint density at radius 3 is 2.38 bits per heavy atom. The molecular weight excluding hydrogens is 222 g/mol. The van der Waals surface area contributed by atoms with Crippen LogP contribution in [-0.2, 0) is 4.74 Å². The highest BCUT2D eigenvalue weighted by atomic mass is 35.5. The summed E-state index contributed by atoms with van der Waals surface area (Å²) in [7, 11) is 3.73. The number of allylic oxidation sites excluding steroid dienone is 4. The fourth-order valence-corrected chi connectivity index (χ4v) is 1.52. The molecule has 0 aliphatic heterocycles. The number of nitrogens with zero attached hydrogens (tertiary/aromatic N) is 1. The van der Waals surface area contributed by atoms with Gasteiger partial charge in [-0.3, -0.25) is 0 Å². The van der Waals surface area contributed by atoms with Crippen molar-refractivity contribution in [2.75, 3.05) is 20.7 Å². The summed E-state index contributed by atoms with van der Waals surface area (Å²) in [5.74, 6) is 0.832. The van der Waals surface area contributed by atoms with E-state index in [9.17, 15) is 0 Å². The lowest BCUT2D eigenvalue weighted by Gasteiger charge is -2.23. The van der Waals surface area contributed by atoms with Gasteiger partial charge in [0.15, 0.2) is 0 Å². The smallest absolute Gasteiger partial charge is 0.141 e. The monoisotopic (exact) mass is 243 g/mol. The number of likely N-dealkylation sites (N-methyl/N-ethyl adjacent to an activating group) is 1. The lowest BCUT2D eigenvalue weighted by Crippen LogP contribution is -2.20. The van der Waals surface area contributed by atoms with Crippen LogP contribution in [0.2, 0.25) is 0 Å². The molecule has 0 aliphatic carbocycles. The summed E-state index contributed by atoms with van der Waals surface area (Å²) < 4.78 is 5.37. The van der Waals surface area contributed by atoms with Crippen LogP contribution >= 0.6 is 11.6 Å². The molecule has 0 amide bonds. The quantitative estimate of drug-likeness (QED) is 0.518. The van der Waals surface area contributed by atoms with Gasteiger partial charge in [-0.05, 0) is 32.4 Å². The zero-order valence-electron chi connectivity index (χ0n) is 10.9. The molecule has 0 unspecified atom stereocenters. The van der Waals surface area contributed by atoms with Gasteiger partial charge in [-0.25, -0.2) is 0 Å². The van der Waals surface area contributed by atoms with Crippen LogP contribution in [0, 0.1) is 0 Å². The van der Waals surface area contributed by atoms with Gasteiger partial charge in [0.25, 0.3) is 0 Å². The predicted molar refractivity (Wildman–Crippen MR) is 71.4 cm³/mol. The lowest BCUT2D eigenvalue weighted by atomic mass is 10.2. The number of ether oxygens (including phenoxy) is 1. The Bertz CT molecular complexity index is 288. The van der Waals surface area contributed by atoms with Crippen molar-refractivity contribution in [2.24, 2.45) is 0 Å². The SMILES string of the molecule is C\C=C(/C(=C\C=C(/C)Cl)OC)N(C)CCC. The van der Waals surface area contributed by atoms with E-state index < -0.39 is 0 Å². The van der Waals surface area contributed by atoms with E-state index in [2.05, 4.69) is 18.9 Å². The molecule has 0 radical (unpaired) electrons. The minimum atomic E-state index is 0.739. The average molecular weight is 244 g/mol. The molecule has 16 heavy (non-hydrogen) atoms. The molecule has 0 aromatic heterocycles.